The van der Waals surface area contributed by atoms with E-state index in [1.807, 2.05) is 6.92 Å². The molecule has 2 fully saturated rings. The number of rotatable bonds is 3. The van der Waals surface area contributed by atoms with E-state index >= 15 is 0 Å². The first-order chi connectivity index (χ1) is 15.3. The highest BCUT2D eigenvalue weighted by atomic mass is 35.5. The largest absolute Gasteiger partial charge is 0.376 e. The summed E-state index contributed by atoms with van der Waals surface area (Å²) in [7, 11) is 0. The fraction of sp³-hybridized carbons (Fsp3) is 0.429. The Kier molecular flexibility index (Phi) is 5.24. The minimum absolute atomic E-state index is 0.00229. The molecule has 1 aromatic carbocycles. The molecule has 4 N–H and O–H groups in total. The van der Waals surface area contributed by atoms with Crippen molar-refractivity contribution < 1.29 is 9.53 Å². The maximum absolute atomic E-state index is 12.4. The average molecular weight is 476 g/mol. The molecule has 1 amide bonds. The molecule has 32 heavy (non-hydrogen) atoms. The quantitative estimate of drug-likeness (QED) is 0.595. The zero-order chi connectivity index (χ0) is 22.6. The zero-order valence-electron chi connectivity index (χ0n) is 17.5. The Morgan fingerprint density at radius 2 is 2.03 bits per heavy atom. The predicted octanol–water partition coefficient (Wildman–Crippen LogP) is 2.53. The molecule has 0 radical (unpaired) electrons. The summed E-state index contributed by atoms with van der Waals surface area (Å²) >= 11 is 12.7. The second kappa shape index (κ2) is 7.84. The van der Waals surface area contributed by atoms with Crippen LogP contribution >= 0.6 is 23.2 Å². The summed E-state index contributed by atoms with van der Waals surface area (Å²) < 4.78 is 7.44. The highest BCUT2D eigenvalue weighted by molar-refractivity contribution is 6.44. The molecule has 0 bridgehead atoms. The van der Waals surface area contributed by atoms with Crippen LogP contribution in [0.3, 0.4) is 0 Å². The van der Waals surface area contributed by atoms with Gasteiger partial charge in [0, 0.05) is 30.1 Å². The molecule has 11 heteroatoms. The van der Waals surface area contributed by atoms with Crippen molar-refractivity contribution in [3.8, 4) is 11.1 Å². The molecule has 2 atom stereocenters. The maximum atomic E-state index is 12.4. The first-order valence-electron chi connectivity index (χ1n) is 10.4. The second-order valence-electron chi connectivity index (χ2n) is 8.49. The van der Waals surface area contributed by atoms with Gasteiger partial charge in [0.1, 0.15) is 12.0 Å². The smallest absolute Gasteiger partial charge is 0.268 e. The third-order valence-corrected chi connectivity index (χ3v) is 7.57. The van der Waals surface area contributed by atoms with Crippen LogP contribution in [0.4, 0.5) is 5.95 Å². The van der Waals surface area contributed by atoms with E-state index < -0.39 is 5.91 Å². The van der Waals surface area contributed by atoms with Gasteiger partial charge in [0.15, 0.2) is 5.65 Å². The van der Waals surface area contributed by atoms with Crippen LogP contribution in [0.15, 0.2) is 24.5 Å². The van der Waals surface area contributed by atoms with Crippen molar-refractivity contribution in [2.45, 2.75) is 31.9 Å². The fourth-order valence-electron chi connectivity index (χ4n) is 4.82. The molecular formula is C21H23Cl2N7O2. The summed E-state index contributed by atoms with van der Waals surface area (Å²) in [6.45, 7) is 4.07. The van der Waals surface area contributed by atoms with Gasteiger partial charge in [-0.3, -0.25) is 4.79 Å². The highest BCUT2D eigenvalue weighted by Crippen LogP contribution is 2.42. The molecule has 5 rings (SSSR count). The molecule has 1 spiro atoms. The Morgan fingerprint density at radius 1 is 1.28 bits per heavy atom. The molecule has 0 saturated carbocycles. The number of hydrogen-bond donors (Lipinski definition) is 2. The van der Waals surface area contributed by atoms with Gasteiger partial charge < -0.3 is 21.1 Å². The average Bonchev–Trinajstić information content (AvgIpc) is 3.37. The molecule has 3 aromatic rings. The summed E-state index contributed by atoms with van der Waals surface area (Å²) in [5, 5.41) is 5.02. The number of hydrogen-bond acceptors (Lipinski definition) is 7. The summed E-state index contributed by atoms with van der Waals surface area (Å²) in [6.07, 6.45) is 3.17. The number of ether oxygens (including phenoxy) is 1. The van der Waals surface area contributed by atoms with E-state index in [-0.39, 0.29) is 23.3 Å². The Hall–Kier alpha value is -2.46. The van der Waals surface area contributed by atoms with Crippen LogP contribution in [-0.2, 0) is 4.74 Å². The molecular weight excluding hydrogens is 453 g/mol. The number of piperidine rings is 1. The normalized spacial score (nSPS) is 22.7. The number of anilines is 1. The van der Waals surface area contributed by atoms with Gasteiger partial charge in [0.2, 0.25) is 5.95 Å². The molecule has 2 aromatic heterocycles. The van der Waals surface area contributed by atoms with Gasteiger partial charge >= 0.3 is 0 Å². The van der Waals surface area contributed by atoms with Gasteiger partial charge in [-0.05, 0) is 25.8 Å². The van der Waals surface area contributed by atoms with E-state index in [0.717, 1.165) is 12.8 Å². The summed E-state index contributed by atoms with van der Waals surface area (Å²) in [5.41, 5.74) is 13.6. The van der Waals surface area contributed by atoms with Crippen LogP contribution in [-0.4, -0.2) is 57.3 Å². The molecule has 2 saturated heterocycles. The lowest BCUT2D eigenvalue weighted by Crippen LogP contribution is -2.51. The third-order valence-electron chi connectivity index (χ3n) is 6.75. The number of carbonyl (C=O) groups is 1. The van der Waals surface area contributed by atoms with Crippen molar-refractivity contribution in [3.05, 3.63) is 40.3 Å². The Bertz CT molecular complexity index is 1210. The minimum atomic E-state index is -0.684. The van der Waals surface area contributed by atoms with Gasteiger partial charge in [-0.15, -0.1) is 0 Å². The monoisotopic (exact) mass is 475 g/mol. The van der Waals surface area contributed by atoms with Crippen LogP contribution in [0, 0.1) is 5.41 Å². The molecule has 2 aliphatic rings. The van der Waals surface area contributed by atoms with Crippen molar-refractivity contribution in [2.75, 3.05) is 24.6 Å². The Labute approximate surface area is 194 Å². The second-order valence-corrected chi connectivity index (χ2v) is 9.27. The molecule has 4 heterocycles. The van der Waals surface area contributed by atoms with E-state index in [1.54, 1.807) is 22.7 Å². The SMILES string of the molecule is CC1OCC2(CCN(c3nc(C(N)=O)c(-c4cccc(Cl)c4Cl)c4ncnn34)CC2)[C@@H]1N. The number of aromatic nitrogens is 4. The number of nitrogens with two attached hydrogens (primary N) is 2. The van der Waals surface area contributed by atoms with Gasteiger partial charge in [-0.1, -0.05) is 35.3 Å². The van der Waals surface area contributed by atoms with Crippen LogP contribution < -0.4 is 16.4 Å². The zero-order valence-corrected chi connectivity index (χ0v) is 19.0. The first kappa shape index (κ1) is 21.4. The fourth-order valence-corrected chi connectivity index (χ4v) is 5.22. The lowest BCUT2D eigenvalue weighted by Gasteiger charge is -2.41. The van der Waals surface area contributed by atoms with E-state index in [1.165, 1.54) is 6.33 Å². The predicted molar refractivity (Wildman–Crippen MR) is 122 cm³/mol. The Morgan fingerprint density at radius 3 is 2.69 bits per heavy atom. The number of halogens is 2. The molecule has 1 unspecified atom stereocenters. The van der Waals surface area contributed by atoms with Crippen LogP contribution in [0.25, 0.3) is 16.8 Å². The van der Waals surface area contributed by atoms with Crippen LogP contribution in [0.5, 0.6) is 0 Å². The molecule has 168 valence electrons. The van der Waals surface area contributed by atoms with Gasteiger partial charge in [0.25, 0.3) is 5.91 Å². The highest BCUT2D eigenvalue weighted by Gasteiger charge is 2.48. The van der Waals surface area contributed by atoms with Crippen LogP contribution in [0.2, 0.25) is 10.0 Å². The number of benzene rings is 1. The number of primary amides is 1. The molecule has 9 nitrogen and oxygen atoms in total. The number of carbonyl (C=O) groups excluding carboxylic acids is 1. The molecule has 0 aliphatic carbocycles. The first-order valence-corrected chi connectivity index (χ1v) is 11.2. The van der Waals surface area contributed by atoms with E-state index in [0.29, 0.717) is 52.5 Å². The topological polar surface area (TPSA) is 125 Å². The van der Waals surface area contributed by atoms with Crippen LogP contribution in [0.1, 0.15) is 30.3 Å². The summed E-state index contributed by atoms with van der Waals surface area (Å²) in [4.78, 5) is 23.6. The van der Waals surface area contributed by atoms with E-state index in [4.69, 9.17) is 39.4 Å². The van der Waals surface area contributed by atoms with Crippen molar-refractivity contribution in [3.63, 3.8) is 0 Å². The van der Waals surface area contributed by atoms with Gasteiger partial charge in [0.05, 0.1) is 28.3 Å². The maximum Gasteiger partial charge on any atom is 0.268 e. The van der Waals surface area contributed by atoms with Crippen molar-refractivity contribution in [2.24, 2.45) is 16.9 Å². The van der Waals surface area contributed by atoms with Gasteiger partial charge in [-0.25, -0.2) is 9.97 Å². The van der Waals surface area contributed by atoms with Crippen molar-refractivity contribution in [1.29, 1.82) is 0 Å². The third kappa shape index (κ3) is 3.23. The number of fused-ring (bicyclic) bond motifs is 1. The van der Waals surface area contributed by atoms with Crippen molar-refractivity contribution >= 4 is 40.7 Å². The van der Waals surface area contributed by atoms with E-state index in [2.05, 4.69) is 20.0 Å². The van der Waals surface area contributed by atoms with Gasteiger partial charge in [-0.2, -0.15) is 9.61 Å². The standard InChI is InChI=1S/C21H23Cl2N7O2/c1-11-17(24)21(9-32-11)5-7-29(8-6-21)20-28-16(18(25)31)14(19-26-10-27-30(19)20)12-3-2-4-13(22)15(12)23/h2-4,10-11,17H,5-9,24H2,1H3,(H2,25,31)/t11?,17-/m1/s1. The van der Waals surface area contributed by atoms with E-state index in [9.17, 15) is 4.79 Å². The number of nitrogens with zero attached hydrogens (tertiary/aromatic N) is 5. The van der Waals surface area contributed by atoms with Crippen molar-refractivity contribution in [1.82, 2.24) is 19.6 Å². The summed E-state index contributed by atoms with van der Waals surface area (Å²) in [6, 6.07) is 5.16. The Balaban J connectivity index is 1.59. The number of amides is 1. The summed E-state index contributed by atoms with van der Waals surface area (Å²) in [5.74, 6) is -0.181. The molecule has 2 aliphatic heterocycles. The minimum Gasteiger partial charge on any atom is -0.376 e. The lowest BCUT2D eigenvalue weighted by molar-refractivity contribution is 0.0973. The lowest BCUT2D eigenvalue weighted by atomic mass is 9.73.